The number of carbonyl (C=O) groups is 1. The fraction of sp³-hybridized carbons (Fsp3) is 0.900. The number of piperidine rings is 1. The molecule has 1 saturated heterocycles. The molecule has 1 heterocycles. The molecule has 0 bridgehead atoms. The van der Waals surface area contributed by atoms with E-state index < -0.39 is 18.9 Å². The molecule has 2 atom stereocenters. The summed E-state index contributed by atoms with van der Waals surface area (Å²) < 4.78 is 39.6. The van der Waals surface area contributed by atoms with Crippen molar-refractivity contribution in [3.05, 3.63) is 0 Å². The summed E-state index contributed by atoms with van der Waals surface area (Å²) in [6.07, 6.45) is -2.68. The molecule has 1 aliphatic rings. The molecule has 1 fully saturated rings. The third-order valence-corrected chi connectivity index (χ3v) is 2.78. The molecule has 0 aliphatic carbocycles. The fourth-order valence-corrected chi connectivity index (χ4v) is 1.93. The molecule has 1 N–H and O–H groups in total. The lowest BCUT2D eigenvalue weighted by Gasteiger charge is -2.38. The normalized spacial score (nSPS) is 26.6. The largest absolute Gasteiger partial charge is 0.439 e. The number of nitrogens with one attached hydrogen (secondary N) is 1. The monoisotopic (exact) mass is 254 g/mol. The second kappa shape index (κ2) is 5.57. The fourth-order valence-electron chi connectivity index (χ4n) is 1.93. The van der Waals surface area contributed by atoms with Gasteiger partial charge in [0.05, 0.1) is 0 Å². The highest BCUT2D eigenvalue weighted by Gasteiger charge is 2.31. The number of rotatable bonds is 2. The molecule has 0 aromatic rings. The number of alkyl halides is 3. The van der Waals surface area contributed by atoms with Crippen molar-refractivity contribution in [2.45, 2.75) is 51.4 Å². The Morgan fingerprint density at radius 2 is 1.88 bits per heavy atom. The minimum Gasteiger partial charge on any atom is -0.439 e. The second-order valence-electron chi connectivity index (χ2n) is 4.34. The maximum absolute atomic E-state index is 11.8. The molecule has 1 rings (SSSR count). The van der Waals surface area contributed by atoms with Gasteiger partial charge in [-0.25, -0.2) is 9.80 Å². The lowest BCUT2D eigenvalue weighted by Crippen LogP contribution is -2.54. The molecule has 17 heavy (non-hydrogen) atoms. The third-order valence-electron chi connectivity index (χ3n) is 2.78. The van der Waals surface area contributed by atoms with Crippen LogP contribution in [0.15, 0.2) is 0 Å². The van der Waals surface area contributed by atoms with Crippen LogP contribution in [0, 0.1) is 0 Å². The Morgan fingerprint density at radius 1 is 1.35 bits per heavy atom. The predicted octanol–water partition coefficient (Wildman–Crippen LogP) is 2.45. The van der Waals surface area contributed by atoms with Crippen LogP contribution >= 0.6 is 0 Å². The highest BCUT2D eigenvalue weighted by Crippen LogP contribution is 2.20. The van der Waals surface area contributed by atoms with E-state index in [0.29, 0.717) is 0 Å². The number of ether oxygens (including phenoxy) is 1. The molecule has 0 aromatic carbocycles. The van der Waals surface area contributed by atoms with Crippen LogP contribution in [-0.4, -0.2) is 36.0 Å². The molecule has 100 valence electrons. The Hall–Kier alpha value is -0.980. The van der Waals surface area contributed by atoms with Crippen molar-refractivity contribution < 1.29 is 22.7 Å². The van der Waals surface area contributed by atoms with Crippen molar-refractivity contribution in [2.24, 2.45) is 0 Å². The van der Waals surface area contributed by atoms with Crippen molar-refractivity contribution >= 4 is 6.09 Å². The van der Waals surface area contributed by atoms with Gasteiger partial charge in [0, 0.05) is 12.1 Å². The summed E-state index contributed by atoms with van der Waals surface area (Å²) in [4.78, 5) is 11.2. The maximum atomic E-state index is 11.8. The van der Waals surface area contributed by atoms with Gasteiger partial charge in [-0.2, -0.15) is 13.2 Å². The molecule has 1 amide bonds. The lowest BCUT2D eigenvalue weighted by atomic mass is 10.00. The highest BCUT2D eigenvalue weighted by atomic mass is 19.4. The Bertz CT molecular complexity index is 261. The Kier molecular flexibility index (Phi) is 4.62. The first-order valence-electron chi connectivity index (χ1n) is 5.58. The van der Waals surface area contributed by atoms with Crippen LogP contribution in [-0.2, 0) is 4.74 Å². The minimum absolute atomic E-state index is 0.109. The Balaban J connectivity index is 2.39. The van der Waals surface area contributed by atoms with E-state index in [4.69, 9.17) is 0 Å². The van der Waals surface area contributed by atoms with E-state index in [0.717, 1.165) is 19.3 Å². The number of hydrogen-bond acceptors (Lipinski definition) is 3. The van der Waals surface area contributed by atoms with Gasteiger partial charge in [0.1, 0.15) is 0 Å². The minimum atomic E-state index is -4.49. The molecular formula is C10H17F3N2O2. The van der Waals surface area contributed by atoms with E-state index in [1.807, 2.05) is 13.8 Å². The van der Waals surface area contributed by atoms with Gasteiger partial charge in [-0.3, -0.25) is 5.43 Å². The average molecular weight is 254 g/mol. The summed E-state index contributed by atoms with van der Waals surface area (Å²) in [5.74, 6) is 0. The van der Waals surface area contributed by atoms with Crippen molar-refractivity contribution in [1.82, 2.24) is 10.4 Å². The lowest BCUT2D eigenvalue weighted by molar-refractivity contribution is -0.161. The van der Waals surface area contributed by atoms with E-state index in [9.17, 15) is 18.0 Å². The number of nitrogens with zero attached hydrogens (tertiary/aromatic N) is 1. The first-order valence-corrected chi connectivity index (χ1v) is 5.58. The topological polar surface area (TPSA) is 41.6 Å². The van der Waals surface area contributed by atoms with Crippen LogP contribution in [0.1, 0.15) is 33.1 Å². The summed E-state index contributed by atoms with van der Waals surface area (Å²) in [5.41, 5.74) is 2.36. The van der Waals surface area contributed by atoms with Crippen LogP contribution < -0.4 is 5.43 Å². The third kappa shape index (κ3) is 4.80. The standard InChI is InChI=1S/C10H17F3N2O2/c1-7-4-3-5-8(2)15(7)14-9(16)17-6-10(11,12)13/h7-8H,3-6H2,1-2H3,(H,14,16). The highest BCUT2D eigenvalue weighted by molar-refractivity contribution is 5.66. The van der Waals surface area contributed by atoms with Crippen LogP contribution in [0.2, 0.25) is 0 Å². The summed E-state index contributed by atoms with van der Waals surface area (Å²) in [5, 5.41) is 1.65. The number of hydrazine groups is 1. The summed E-state index contributed by atoms with van der Waals surface area (Å²) in [6.45, 7) is 2.27. The number of carbonyl (C=O) groups excluding carboxylic acids is 1. The molecule has 0 spiro atoms. The zero-order valence-electron chi connectivity index (χ0n) is 9.88. The van der Waals surface area contributed by atoms with E-state index in [1.54, 1.807) is 5.01 Å². The predicted molar refractivity (Wildman–Crippen MR) is 55.2 cm³/mol. The van der Waals surface area contributed by atoms with Crippen molar-refractivity contribution in [3.63, 3.8) is 0 Å². The second-order valence-corrected chi connectivity index (χ2v) is 4.34. The van der Waals surface area contributed by atoms with Crippen LogP contribution in [0.3, 0.4) is 0 Å². The molecule has 0 radical (unpaired) electrons. The summed E-state index contributed by atoms with van der Waals surface area (Å²) >= 11 is 0. The van der Waals surface area contributed by atoms with Gasteiger partial charge in [-0.15, -0.1) is 0 Å². The maximum Gasteiger partial charge on any atom is 0.422 e. The van der Waals surface area contributed by atoms with Gasteiger partial charge in [0.25, 0.3) is 0 Å². The number of halogens is 3. The zero-order chi connectivity index (χ0) is 13.1. The SMILES string of the molecule is CC1CCCC(C)N1NC(=O)OCC(F)(F)F. The first-order chi connectivity index (χ1) is 7.79. The van der Waals surface area contributed by atoms with Crippen molar-refractivity contribution in [1.29, 1.82) is 0 Å². The van der Waals surface area contributed by atoms with Crippen LogP contribution in [0.25, 0.3) is 0 Å². The van der Waals surface area contributed by atoms with Crippen LogP contribution in [0.5, 0.6) is 0 Å². The van der Waals surface area contributed by atoms with Gasteiger partial charge in [0.15, 0.2) is 6.61 Å². The van der Waals surface area contributed by atoms with E-state index >= 15 is 0 Å². The molecular weight excluding hydrogens is 237 g/mol. The van der Waals surface area contributed by atoms with E-state index in [2.05, 4.69) is 10.2 Å². The van der Waals surface area contributed by atoms with Gasteiger partial charge in [0.2, 0.25) is 0 Å². The Labute approximate surface area is 98.1 Å². The van der Waals surface area contributed by atoms with Crippen LogP contribution in [0.4, 0.5) is 18.0 Å². The average Bonchev–Trinajstić information content (AvgIpc) is 2.20. The van der Waals surface area contributed by atoms with Gasteiger partial charge in [-0.05, 0) is 26.7 Å². The summed E-state index contributed by atoms with van der Waals surface area (Å²) in [6, 6.07) is 0.217. The first kappa shape index (κ1) is 14.1. The van der Waals surface area contributed by atoms with Crippen molar-refractivity contribution in [3.8, 4) is 0 Å². The van der Waals surface area contributed by atoms with Gasteiger partial charge >= 0.3 is 12.3 Å². The zero-order valence-corrected chi connectivity index (χ0v) is 9.88. The molecule has 0 saturated carbocycles. The number of hydrogen-bond donors (Lipinski definition) is 1. The molecule has 0 aromatic heterocycles. The van der Waals surface area contributed by atoms with Gasteiger partial charge in [-0.1, -0.05) is 6.42 Å². The molecule has 4 nitrogen and oxygen atoms in total. The smallest absolute Gasteiger partial charge is 0.422 e. The summed E-state index contributed by atoms with van der Waals surface area (Å²) in [7, 11) is 0. The van der Waals surface area contributed by atoms with Crippen molar-refractivity contribution in [2.75, 3.05) is 6.61 Å². The molecule has 1 aliphatic heterocycles. The van der Waals surface area contributed by atoms with E-state index in [1.165, 1.54) is 0 Å². The molecule has 7 heteroatoms. The van der Waals surface area contributed by atoms with Gasteiger partial charge < -0.3 is 4.74 Å². The number of amides is 1. The van der Waals surface area contributed by atoms with E-state index in [-0.39, 0.29) is 12.1 Å². The molecule has 2 unspecified atom stereocenters. The quantitative estimate of drug-likeness (QED) is 0.823. The Morgan fingerprint density at radius 3 is 2.35 bits per heavy atom.